The van der Waals surface area contributed by atoms with Crippen LogP contribution in [0.3, 0.4) is 0 Å². The fourth-order valence-corrected chi connectivity index (χ4v) is 4.51. The van der Waals surface area contributed by atoms with Crippen LogP contribution >= 0.6 is 35.6 Å². The molecule has 0 radical (unpaired) electrons. The van der Waals surface area contributed by atoms with Gasteiger partial charge in [0.05, 0.1) is 28.4 Å². The van der Waals surface area contributed by atoms with E-state index in [9.17, 15) is 4.79 Å². The van der Waals surface area contributed by atoms with Gasteiger partial charge in [-0.2, -0.15) is 0 Å². The minimum Gasteiger partial charge on any atom is -0.497 e. The Kier molecular flexibility index (Phi) is 9.14. The van der Waals surface area contributed by atoms with Crippen LogP contribution in [0.5, 0.6) is 5.75 Å². The number of methoxy groups -OCH3 is 1. The Balaban J connectivity index is 0.00000324. The standard InChI is InChI=1S/C25H28Cl2N4O2.ClH/c1-17-20(16-22(29-17)18-6-8-19(33-2)9-7-18)25(32)28-10-11-30-12-14-31(15-13-30)23-5-3-4-21(26)24(23)27;/h3-9,16,29H,10-15H2,1-2H3,(H,28,32);1H. The third-order valence-electron chi connectivity index (χ3n) is 6.02. The first-order valence-electron chi connectivity index (χ1n) is 11.0. The van der Waals surface area contributed by atoms with Gasteiger partial charge in [0.25, 0.3) is 5.91 Å². The van der Waals surface area contributed by atoms with E-state index in [4.69, 9.17) is 27.9 Å². The van der Waals surface area contributed by atoms with Gasteiger partial charge in [0.1, 0.15) is 5.75 Å². The molecule has 0 saturated carbocycles. The van der Waals surface area contributed by atoms with Crippen LogP contribution in [0.4, 0.5) is 5.69 Å². The van der Waals surface area contributed by atoms with Crippen molar-refractivity contribution in [3.8, 4) is 17.0 Å². The van der Waals surface area contributed by atoms with Crippen molar-refractivity contribution in [2.45, 2.75) is 6.92 Å². The number of anilines is 1. The van der Waals surface area contributed by atoms with Crippen LogP contribution in [0, 0.1) is 6.92 Å². The fraction of sp³-hybridized carbons (Fsp3) is 0.320. The molecule has 0 spiro atoms. The highest BCUT2D eigenvalue weighted by Crippen LogP contribution is 2.32. The smallest absolute Gasteiger partial charge is 0.253 e. The van der Waals surface area contributed by atoms with Crippen molar-refractivity contribution in [1.82, 2.24) is 15.2 Å². The molecule has 0 unspecified atom stereocenters. The molecule has 2 heterocycles. The number of aromatic nitrogens is 1. The molecule has 1 aliphatic rings. The number of piperazine rings is 1. The lowest BCUT2D eigenvalue weighted by Gasteiger charge is -2.36. The van der Waals surface area contributed by atoms with Crippen LogP contribution in [0.15, 0.2) is 48.5 Å². The molecule has 182 valence electrons. The average Bonchev–Trinajstić information content (AvgIpc) is 3.23. The second-order valence-electron chi connectivity index (χ2n) is 8.11. The summed E-state index contributed by atoms with van der Waals surface area (Å²) in [7, 11) is 1.64. The number of benzene rings is 2. The normalized spacial score (nSPS) is 13.9. The monoisotopic (exact) mass is 522 g/mol. The third kappa shape index (κ3) is 5.99. The van der Waals surface area contributed by atoms with Crippen molar-refractivity contribution < 1.29 is 9.53 Å². The molecule has 0 atom stereocenters. The zero-order valence-electron chi connectivity index (χ0n) is 19.2. The summed E-state index contributed by atoms with van der Waals surface area (Å²) in [6.07, 6.45) is 0. The second-order valence-corrected chi connectivity index (χ2v) is 8.89. The zero-order valence-corrected chi connectivity index (χ0v) is 21.6. The lowest BCUT2D eigenvalue weighted by Crippen LogP contribution is -2.48. The number of carbonyl (C=O) groups excluding carboxylic acids is 1. The quantitative estimate of drug-likeness (QED) is 0.442. The van der Waals surface area contributed by atoms with Gasteiger partial charge in [0.2, 0.25) is 0 Å². The molecule has 6 nitrogen and oxygen atoms in total. The number of aryl methyl sites for hydroxylation is 1. The molecule has 1 fully saturated rings. The van der Waals surface area contributed by atoms with Gasteiger partial charge in [-0.05, 0) is 55.0 Å². The molecule has 9 heteroatoms. The summed E-state index contributed by atoms with van der Waals surface area (Å²) in [6.45, 7) is 6.87. The number of ether oxygens (including phenoxy) is 1. The number of nitrogens with zero attached hydrogens (tertiary/aromatic N) is 2. The summed E-state index contributed by atoms with van der Waals surface area (Å²) in [4.78, 5) is 20.7. The van der Waals surface area contributed by atoms with Crippen molar-refractivity contribution in [2.24, 2.45) is 0 Å². The first kappa shape index (κ1) is 26.2. The summed E-state index contributed by atoms with van der Waals surface area (Å²) in [5.41, 5.74) is 4.42. The van der Waals surface area contributed by atoms with Gasteiger partial charge in [-0.25, -0.2) is 0 Å². The molecule has 0 bridgehead atoms. The van der Waals surface area contributed by atoms with Crippen molar-refractivity contribution in [2.75, 3.05) is 51.3 Å². The Labute approximate surface area is 216 Å². The minimum atomic E-state index is -0.0622. The maximum Gasteiger partial charge on any atom is 0.253 e. The number of carbonyl (C=O) groups is 1. The Morgan fingerprint density at radius 2 is 1.79 bits per heavy atom. The molecular weight excluding hydrogens is 495 g/mol. The topological polar surface area (TPSA) is 60.6 Å². The third-order valence-corrected chi connectivity index (χ3v) is 6.83. The van der Waals surface area contributed by atoms with Gasteiger partial charge in [-0.3, -0.25) is 9.69 Å². The van der Waals surface area contributed by atoms with Crippen molar-refractivity contribution in [1.29, 1.82) is 0 Å². The Morgan fingerprint density at radius 3 is 2.47 bits per heavy atom. The number of rotatable bonds is 7. The molecule has 0 aliphatic carbocycles. The number of hydrogen-bond donors (Lipinski definition) is 2. The molecule has 4 rings (SSSR count). The van der Waals surface area contributed by atoms with Crippen molar-refractivity contribution >= 4 is 47.2 Å². The Hall–Kier alpha value is -2.38. The van der Waals surface area contributed by atoms with Crippen LogP contribution in [-0.2, 0) is 0 Å². The zero-order chi connectivity index (χ0) is 23.4. The van der Waals surface area contributed by atoms with E-state index in [1.807, 2.05) is 49.4 Å². The van der Waals surface area contributed by atoms with Crippen molar-refractivity contribution in [3.63, 3.8) is 0 Å². The first-order valence-corrected chi connectivity index (χ1v) is 11.8. The summed E-state index contributed by atoms with van der Waals surface area (Å²) in [6, 6.07) is 15.4. The Morgan fingerprint density at radius 1 is 1.09 bits per heavy atom. The number of H-pyrrole nitrogens is 1. The summed E-state index contributed by atoms with van der Waals surface area (Å²) < 4.78 is 5.21. The Bertz CT molecular complexity index is 1110. The maximum atomic E-state index is 12.8. The molecule has 3 aromatic rings. The summed E-state index contributed by atoms with van der Waals surface area (Å²) >= 11 is 12.5. The minimum absolute atomic E-state index is 0. The lowest BCUT2D eigenvalue weighted by atomic mass is 10.1. The number of nitrogens with one attached hydrogen (secondary N) is 2. The van der Waals surface area contributed by atoms with Crippen LogP contribution in [-0.4, -0.2) is 62.2 Å². The van der Waals surface area contributed by atoms with E-state index in [0.29, 0.717) is 22.2 Å². The van der Waals surface area contributed by atoms with Crippen LogP contribution < -0.4 is 15.0 Å². The van der Waals surface area contributed by atoms with Crippen LogP contribution in [0.2, 0.25) is 10.0 Å². The average molecular weight is 524 g/mol. The molecule has 2 aromatic carbocycles. The van der Waals surface area contributed by atoms with Gasteiger partial charge in [-0.1, -0.05) is 29.3 Å². The van der Waals surface area contributed by atoms with E-state index < -0.39 is 0 Å². The van der Waals surface area contributed by atoms with Gasteiger partial charge in [-0.15, -0.1) is 12.4 Å². The van der Waals surface area contributed by atoms with E-state index in [-0.39, 0.29) is 18.3 Å². The fourth-order valence-electron chi connectivity index (χ4n) is 4.09. The van der Waals surface area contributed by atoms with Crippen LogP contribution in [0.25, 0.3) is 11.3 Å². The molecule has 1 amide bonds. The molecular formula is C25H29Cl3N4O2. The summed E-state index contributed by atoms with van der Waals surface area (Å²) in [5, 5.41) is 4.24. The highest BCUT2D eigenvalue weighted by atomic mass is 35.5. The number of amides is 1. The number of hydrogen-bond acceptors (Lipinski definition) is 4. The number of aromatic amines is 1. The highest BCUT2D eigenvalue weighted by molar-refractivity contribution is 6.43. The summed E-state index contributed by atoms with van der Waals surface area (Å²) in [5.74, 6) is 0.740. The number of halogens is 3. The van der Waals surface area contributed by atoms with Crippen molar-refractivity contribution in [3.05, 3.63) is 69.8 Å². The maximum absolute atomic E-state index is 12.8. The predicted molar refractivity (Wildman–Crippen MR) is 142 cm³/mol. The van der Waals surface area contributed by atoms with Gasteiger partial charge < -0.3 is 19.9 Å². The highest BCUT2D eigenvalue weighted by Gasteiger charge is 2.20. The molecule has 34 heavy (non-hydrogen) atoms. The predicted octanol–water partition coefficient (Wildman–Crippen LogP) is 5.28. The molecule has 1 saturated heterocycles. The SMILES string of the molecule is COc1ccc(-c2cc(C(=O)NCCN3CCN(c4cccc(Cl)c4Cl)CC3)c(C)[nH]2)cc1.Cl. The van der Waals surface area contributed by atoms with Crippen LogP contribution in [0.1, 0.15) is 16.1 Å². The van der Waals surface area contributed by atoms with E-state index in [1.165, 1.54) is 0 Å². The van der Waals surface area contributed by atoms with E-state index in [1.54, 1.807) is 13.2 Å². The second kappa shape index (κ2) is 11.8. The molecule has 2 N–H and O–H groups in total. The van der Waals surface area contributed by atoms with Gasteiger partial charge in [0, 0.05) is 50.7 Å². The first-order chi connectivity index (χ1) is 16.0. The van der Waals surface area contributed by atoms with Gasteiger partial charge >= 0.3 is 0 Å². The van der Waals surface area contributed by atoms with E-state index >= 15 is 0 Å². The van der Waals surface area contributed by atoms with E-state index in [0.717, 1.165) is 61.1 Å². The van der Waals surface area contributed by atoms with Gasteiger partial charge in [0.15, 0.2) is 0 Å². The lowest BCUT2D eigenvalue weighted by molar-refractivity contribution is 0.0947. The molecule has 1 aromatic heterocycles. The molecule has 1 aliphatic heterocycles. The largest absolute Gasteiger partial charge is 0.497 e. The van der Waals surface area contributed by atoms with E-state index in [2.05, 4.69) is 20.1 Å².